The number of amides is 1. The molecule has 0 bridgehead atoms. The molecular weight excluding hydrogens is 404 g/mol. The number of nitrogens with one attached hydrogen (secondary N) is 1. The van der Waals surface area contributed by atoms with Crippen LogP contribution in [0, 0.1) is 5.92 Å². The predicted molar refractivity (Wildman–Crippen MR) is 111 cm³/mol. The zero-order chi connectivity index (χ0) is 18.6. The monoisotopic (exact) mass is 426 g/mol. The Bertz CT molecular complexity index is 922. The van der Waals surface area contributed by atoms with Crippen molar-refractivity contribution >= 4 is 32.8 Å². The molecule has 3 aromatic rings. The third-order valence-electron chi connectivity index (χ3n) is 5.11. The third kappa shape index (κ3) is 4.60. The molecular formula is C22H23BrN2O2. The summed E-state index contributed by atoms with van der Waals surface area (Å²) in [5.41, 5.74) is 2.07. The second-order valence-corrected chi connectivity index (χ2v) is 8.15. The Kier molecular flexibility index (Phi) is 5.60. The van der Waals surface area contributed by atoms with Gasteiger partial charge in [-0.25, -0.2) is 0 Å². The van der Waals surface area contributed by atoms with E-state index in [9.17, 15) is 4.79 Å². The summed E-state index contributed by atoms with van der Waals surface area (Å²) in [6.07, 6.45) is 2.32. The summed E-state index contributed by atoms with van der Waals surface area (Å²) in [5.74, 6) is 0.715. The molecule has 0 aliphatic carbocycles. The predicted octanol–water partition coefficient (Wildman–Crippen LogP) is 4.84. The number of likely N-dealkylation sites (tertiary alicyclic amines) is 1. The number of rotatable bonds is 5. The van der Waals surface area contributed by atoms with E-state index in [-0.39, 0.29) is 5.91 Å². The zero-order valence-electron chi connectivity index (χ0n) is 15.2. The number of carbonyl (C=O) groups is 1. The van der Waals surface area contributed by atoms with Gasteiger partial charge in [-0.05, 0) is 55.1 Å². The summed E-state index contributed by atoms with van der Waals surface area (Å²) >= 11 is 3.44. The first-order chi connectivity index (χ1) is 13.2. The first-order valence-corrected chi connectivity index (χ1v) is 10.2. The molecule has 1 atom stereocenters. The Morgan fingerprint density at radius 3 is 2.89 bits per heavy atom. The molecule has 0 spiro atoms. The van der Waals surface area contributed by atoms with Gasteiger partial charge in [0.2, 0.25) is 0 Å². The van der Waals surface area contributed by atoms with Gasteiger partial charge < -0.3 is 9.73 Å². The molecule has 1 unspecified atom stereocenters. The van der Waals surface area contributed by atoms with Crippen molar-refractivity contribution in [3.8, 4) is 0 Å². The lowest BCUT2D eigenvalue weighted by molar-refractivity contribution is 0.0905. The molecule has 5 heteroatoms. The number of piperidine rings is 1. The zero-order valence-corrected chi connectivity index (χ0v) is 16.7. The maximum Gasteiger partial charge on any atom is 0.287 e. The van der Waals surface area contributed by atoms with Gasteiger partial charge in [0.25, 0.3) is 5.91 Å². The molecule has 140 valence electrons. The van der Waals surface area contributed by atoms with E-state index < -0.39 is 0 Å². The van der Waals surface area contributed by atoms with Gasteiger partial charge in [-0.1, -0.05) is 46.3 Å². The van der Waals surface area contributed by atoms with Gasteiger partial charge in [0.15, 0.2) is 5.76 Å². The van der Waals surface area contributed by atoms with Crippen LogP contribution in [0.1, 0.15) is 29.0 Å². The number of hydrogen-bond acceptors (Lipinski definition) is 3. The highest BCUT2D eigenvalue weighted by Gasteiger charge is 2.21. The average Bonchev–Trinajstić information content (AvgIpc) is 3.10. The van der Waals surface area contributed by atoms with Gasteiger partial charge in [0, 0.05) is 29.5 Å². The fraction of sp³-hybridized carbons (Fsp3) is 0.318. The number of halogens is 1. The van der Waals surface area contributed by atoms with Crippen LogP contribution < -0.4 is 5.32 Å². The van der Waals surface area contributed by atoms with E-state index in [0.717, 1.165) is 41.5 Å². The summed E-state index contributed by atoms with van der Waals surface area (Å²) in [6.45, 7) is 3.80. The maximum atomic E-state index is 12.5. The largest absolute Gasteiger partial charge is 0.451 e. The van der Waals surface area contributed by atoms with E-state index in [1.54, 1.807) is 6.07 Å². The first kappa shape index (κ1) is 18.3. The van der Waals surface area contributed by atoms with Crippen molar-refractivity contribution in [2.24, 2.45) is 5.92 Å². The average molecular weight is 427 g/mol. The third-order valence-corrected chi connectivity index (χ3v) is 5.60. The molecule has 1 amide bonds. The molecule has 27 heavy (non-hydrogen) atoms. The lowest BCUT2D eigenvalue weighted by Crippen LogP contribution is -2.40. The summed E-state index contributed by atoms with van der Waals surface area (Å²) in [5, 5.41) is 3.99. The van der Waals surface area contributed by atoms with E-state index in [0.29, 0.717) is 18.2 Å². The van der Waals surface area contributed by atoms with Gasteiger partial charge in [-0.2, -0.15) is 0 Å². The Hall–Kier alpha value is -2.11. The smallest absolute Gasteiger partial charge is 0.287 e. The van der Waals surface area contributed by atoms with E-state index in [2.05, 4.69) is 56.5 Å². The molecule has 1 saturated heterocycles. The fourth-order valence-electron chi connectivity index (χ4n) is 3.75. The highest BCUT2D eigenvalue weighted by atomic mass is 79.9. The lowest BCUT2D eigenvalue weighted by Gasteiger charge is -2.32. The van der Waals surface area contributed by atoms with E-state index in [1.165, 1.54) is 12.0 Å². The number of benzene rings is 2. The van der Waals surface area contributed by atoms with Crippen molar-refractivity contribution in [1.29, 1.82) is 0 Å². The molecule has 1 aliphatic rings. The quantitative estimate of drug-likeness (QED) is 0.634. The highest BCUT2D eigenvalue weighted by Crippen LogP contribution is 2.23. The molecule has 0 radical (unpaired) electrons. The van der Waals surface area contributed by atoms with Crippen molar-refractivity contribution < 1.29 is 9.21 Å². The minimum Gasteiger partial charge on any atom is -0.451 e. The summed E-state index contributed by atoms with van der Waals surface area (Å²) in [7, 11) is 0. The van der Waals surface area contributed by atoms with Crippen LogP contribution in [0.5, 0.6) is 0 Å². The van der Waals surface area contributed by atoms with Gasteiger partial charge in [-0.15, -0.1) is 0 Å². The topological polar surface area (TPSA) is 45.5 Å². The van der Waals surface area contributed by atoms with Crippen LogP contribution >= 0.6 is 15.9 Å². The minimum atomic E-state index is -0.137. The summed E-state index contributed by atoms with van der Waals surface area (Å²) in [4.78, 5) is 15.0. The Morgan fingerprint density at radius 2 is 2.04 bits per heavy atom. The van der Waals surface area contributed by atoms with Crippen molar-refractivity contribution in [1.82, 2.24) is 10.2 Å². The van der Waals surface area contributed by atoms with Crippen LogP contribution in [0.3, 0.4) is 0 Å². The minimum absolute atomic E-state index is 0.137. The molecule has 1 fully saturated rings. The van der Waals surface area contributed by atoms with Gasteiger partial charge in [0.1, 0.15) is 5.58 Å². The van der Waals surface area contributed by atoms with Gasteiger partial charge in [-0.3, -0.25) is 9.69 Å². The standard InChI is InChI=1S/C22H23BrN2O2/c23-19-8-9-20-18(11-19)12-21(27-20)22(26)24-13-17-7-4-10-25(15-17)14-16-5-2-1-3-6-16/h1-3,5-6,8-9,11-12,17H,4,7,10,13-15H2,(H,24,26). The second kappa shape index (κ2) is 8.28. The van der Waals surface area contributed by atoms with Gasteiger partial charge >= 0.3 is 0 Å². The number of carbonyl (C=O) groups excluding carboxylic acids is 1. The van der Waals surface area contributed by atoms with Crippen molar-refractivity contribution in [2.75, 3.05) is 19.6 Å². The molecule has 1 aliphatic heterocycles. The number of nitrogens with zero attached hydrogens (tertiary/aromatic N) is 1. The lowest BCUT2D eigenvalue weighted by atomic mass is 9.97. The fourth-order valence-corrected chi connectivity index (χ4v) is 4.13. The molecule has 4 nitrogen and oxygen atoms in total. The van der Waals surface area contributed by atoms with Crippen molar-refractivity contribution in [2.45, 2.75) is 19.4 Å². The van der Waals surface area contributed by atoms with Crippen LogP contribution in [0.15, 0.2) is 63.5 Å². The number of fused-ring (bicyclic) bond motifs is 1. The van der Waals surface area contributed by atoms with E-state index in [4.69, 9.17) is 4.42 Å². The molecule has 2 heterocycles. The Morgan fingerprint density at radius 1 is 1.19 bits per heavy atom. The molecule has 0 saturated carbocycles. The molecule has 1 aromatic heterocycles. The van der Waals surface area contributed by atoms with E-state index >= 15 is 0 Å². The normalized spacial score (nSPS) is 17.9. The number of furan rings is 1. The highest BCUT2D eigenvalue weighted by molar-refractivity contribution is 9.10. The molecule has 4 rings (SSSR count). The van der Waals surface area contributed by atoms with Crippen LogP contribution in [0.25, 0.3) is 11.0 Å². The van der Waals surface area contributed by atoms with Crippen molar-refractivity contribution in [3.63, 3.8) is 0 Å². The van der Waals surface area contributed by atoms with Crippen molar-refractivity contribution in [3.05, 3.63) is 70.4 Å². The SMILES string of the molecule is O=C(NCC1CCCN(Cc2ccccc2)C1)c1cc2cc(Br)ccc2o1. The second-order valence-electron chi connectivity index (χ2n) is 7.23. The van der Waals surface area contributed by atoms with Gasteiger partial charge in [0.05, 0.1) is 0 Å². The first-order valence-electron chi connectivity index (χ1n) is 9.41. The van der Waals surface area contributed by atoms with E-state index in [1.807, 2.05) is 18.2 Å². The maximum absolute atomic E-state index is 12.5. The van der Waals surface area contributed by atoms with Crippen LogP contribution in [-0.4, -0.2) is 30.4 Å². The van der Waals surface area contributed by atoms with Crippen LogP contribution in [-0.2, 0) is 6.54 Å². The summed E-state index contributed by atoms with van der Waals surface area (Å²) in [6, 6.07) is 18.1. The van der Waals surface area contributed by atoms with Crippen LogP contribution in [0.4, 0.5) is 0 Å². The van der Waals surface area contributed by atoms with Crippen LogP contribution in [0.2, 0.25) is 0 Å². The molecule has 2 aromatic carbocycles. The Labute approximate surface area is 167 Å². The molecule has 1 N–H and O–H groups in total. The number of hydrogen-bond donors (Lipinski definition) is 1. The Balaban J connectivity index is 1.32. The summed E-state index contributed by atoms with van der Waals surface area (Å²) < 4.78 is 6.66.